The van der Waals surface area contributed by atoms with Crippen molar-refractivity contribution in [3.63, 3.8) is 0 Å². The first-order valence-electron chi connectivity index (χ1n) is 10.5. The Kier molecular flexibility index (Phi) is 4.29. The maximum Gasteiger partial charge on any atom is 0.266 e. The van der Waals surface area contributed by atoms with Gasteiger partial charge in [-0.05, 0) is 48.5 Å². The summed E-state index contributed by atoms with van der Waals surface area (Å²) in [6, 6.07) is 18.7. The molecule has 7 heteroatoms. The standard InChI is InChI=1S/C27H16F2N2O3/c1-34-16-8-10-22-19(12-16)23-24-20(26(32)31(27(24)33)15-5-3-2-4-6-15)13-18(25(23)30-22)17-9-7-14(28)11-21(17)29/h2-13,30H,1H3. The van der Waals surface area contributed by atoms with Gasteiger partial charge < -0.3 is 9.72 Å². The summed E-state index contributed by atoms with van der Waals surface area (Å²) in [7, 11) is 1.53. The highest BCUT2D eigenvalue weighted by Crippen LogP contribution is 2.43. The van der Waals surface area contributed by atoms with Crippen LogP contribution in [0.25, 0.3) is 32.9 Å². The third-order valence-electron chi connectivity index (χ3n) is 6.17. The van der Waals surface area contributed by atoms with Gasteiger partial charge in [-0.1, -0.05) is 18.2 Å². The Balaban J connectivity index is 1.73. The Morgan fingerprint density at radius 3 is 2.35 bits per heavy atom. The van der Waals surface area contributed by atoms with Gasteiger partial charge in [0.05, 0.1) is 29.4 Å². The first kappa shape index (κ1) is 20.1. The second-order valence-corrected chi connectivity index (χ2v) is 8.04. The Morgan fingerprint density at radius 1 is 0.824 bits per heavy atom. The topological polar surface area (TPSA) is 62.4 Å². The van der Waals surface area contributed by atoms with Crippen LogP contribution in [0.2, 0.25) is 0 Å². The quantitative estimate of drug-likeness (QED) is 0.336. The van der Waals surface area contributed by atoms with Gasteiger partial charge in [-0.2, -0.15) is 0 Å². The number of ether oxygens (including phenoxy) is 1. The lowest BCUT2D eigenvalue weighted by Crippen LogP contribution is -2.29. The molecule has 0 aliphatic carbocycles. The Morgan fingerprint density at radius 2 is 1.62 bits per heavy atom. The second kappa shape index (κ2) is 7.25. The molecule has 166 valence electrons. The number of rotatable bonds is 3. The summed E-state index contributed by atoms with van der Waals surface area (Å²) >= 11 is 0. The molecule has 0 atom stereocenters. The van der Waals surface area contributed by atoms with Crippen molar-refractivity contribution in [1.82, 2.24) is 4.98 Å². The summed E-state index contributed by atoms with van der Waals surface area (Å²) in [5.74, 6) is -1.88. The average molecular weight is 454 g/mol. The molecule has 5 aromatic rings. The molecule has 0 fully saturated rings. The number of H-pyrrole nitrogens is 1. The zero-order chi connectivity index (χ0) is 23.6. The number of imide groups is 1. The van der Waals surface area contributed by atoms with E-state index in [1.807, 2.05) is 0 Å². The van der Waals surface area contributed by atoms with Gasteiger partial charge >= 0.3 is 0 Å². The van der Waals surface area contributed by atoms with Gasteiger partial charge in [0.15, 0.2) is 0 Å². The maximum atomic E-state index is 14.9. The number of hydrogen-bond donors (Lipinski definition) is 1. The van der Waals surface area contributed by atoms with Crippen molar-refractivity contribution in [2.45, 2.75) is 0 Å². The van der Waals surface area contributed by atoms with Crippen LogP contribution < -0.4 is 9.64 Å². The average Bonchev–Trinajstić information content (AvgIpc) is 3.33. The molecule has 0 saturated carbocycles. The molecule has 0 radical (unpaired) electrons. The van der Waals surface area contributed by atoms with E-state index in [9.17, 15) is 18.4 Å². The van der Waals surface area contributed by atoms with E-state index in [1.165, 1.54) is 19.2 Å². The van der Waals surface area contributed by atoms with E-state index < -0.39 is 23.4 Å². The molecule has 1 aliphatic rings. The normalized spacial score (nSPS) is 13.2. The molecule has 6 rings (SSSR count). The predicted octanol–water partition coefficient (Wildman–Crippen LogP) is 6.08. The molecule has 0 bridgehead atoms. The lowest BCUT2D eigenvalue weighted by molar-refractivity contribution is 0.0926. The van der Waals surface area contributed by atoms with Crippen LogP contribution in [0, 0.1) is 11.6 Å². The van der Waals surface area contributed by atoms with Crippen molar-refractivity contribution in [2.24, 2.45) is 0 Å². The molecule has 1 N–H and O–H groups in total. The fourth-order valence-corrected chi connectivity index (χ4v) is 4.63. The number of anilines is 1. The molecule has 1 aliphatic heterocycles. The van der Waals surface area contributed by atoms with E-state index in [0.29, 0.717) is 38.8 Å². The number of halogens is 2. The molecule has 4 aromatic carbocycles. The number of carbonyl (C=O) groups excluding carboxylic acids is 2. The lowest BCUT2D eigenvalue weighted by Gasteiger charge is -2.13. The van der Waals surface area contributed by atoms with Crippen LogP contribution in [0.15, 0.2) is 72.8 Å². The van der Waals surface area contributed by atoms with E-state index in [2.05, 4.69) is 4.98 Å². The van der Waals surface area contributed by atoms with Crippen LogP contribution in [0.4, 0.5) is 14.5 Å². The highest BCUT2D eigenvalue weighted by molar-refractivity contribution is 6.40. The fraction of sp³-hybridized carbons (Fsp3) is 0.0370. The summed E-state index contributed by atoms with van der Waals surface area (Å²) in [6.45, 7) is 0. The Bertz CT molecular complexity index is 1660. The molecular formula is C27H16F2N2O3. The van der Waals surface area contributed by atoms with Crippen molar-refractivity contribution in [3.05, 3.63) is 95.6 Å². The molecule has 0 spiro atoms. The monoisotopic (exact) mass is 454 g/mol. The smallest absolute Gasteiger partial charge is 0.266 e. The van der Waals surface area contributed by atoms with Crippen LogP contribution in [-0.4, -0.2) is 23.9 Å². The number of amides is 2. The molecule has 2 heterocycles. The fourth-order valence-electron chi connectivity index (χ4n) is 4.63. The van der Waals surface area contributed by atoms with Gasteiger partial charge in [0.1, 0.15) is 17.4 Å². The minimum absolute atomic E-state index is 0.117. The van der Waals surface area contributed by atoms with Gasteiger partial charge in [-0.15, -0.1) is 0 Å². The van der Waals surface area contributed by atoms with Crippen molar-refractivity contribution in [2.75, 3.05) is 12.0 Å². The van der Waals surface area contributed by atoms with Gasteiger partial charge in [-0.25, -0.2) is 13.7 Å². The number of hydrogen-bond acceptors (Lipinski definition) is 3. The summed E-state index contributed by atoms with van der Waals surface area (Å²) in [5, 5.41) is 1.15. The molecular weight excluding hydrogens is 438 g/mol. The van der Waals surface area contributed by atoms with Crippen molar-refractivity contribution >= 4 is 39.3 Å². The Labute approximate surface area is 192 Å². The van der Waals surface area contributed by atoms with Gasteiger partial charge in [-0.3, -0.25) is 9.59 Å². The third kappa shape index (κ3) is 2.76. The summed E-state index contributed by atoms with van der Waals surface area (Å²) in [6.07, 6.45) is 0. The van der Waals surface area contributed by atoms with Crippen LogP contribution in [0.3, 0.4) is 0 Å². The highest BCUT2D eigenvalue weighted by atomic mass is 19.1. The number of nitrogens with one attached hydrogen (secondary N) is 1. The van der Waals surface area contributed by atoms with Gasteiger partial charge in [0, 0.05) is 33.5 Å². The first-order chi connectivity index (χ1) is 16.5. The first-order valence-corrected chi connectivity index (χ1v) is 10.5. The van der Waals surface area contributed by atoms with E-state index in [-0.39, 0.29) is 16.7 Å². The molecule has 0 saturated heterocycles. The minimum Gasteiger partial charge on any atom is -0.497 e. The van der Waals surface area contributed by atoms with Crippen LogP contribution in [0.1, 0.15) is 20.7 Å². The van der Waals surface area contributed by atoms with E-state index in [0.717, 1.165) is 17.0 Å². The molecule has 5 nitrogen and oxygen atoms in total. The van der Waals surface area contributed by atoms with Crippen molar-refractivity contribution in [3.8, 4) is 16.9 Å². The number of carbonyl (C=O) groups is 2. The molecule has 34 heavy (non-hydrogen) atoms. The zero-order valence-corrected chi connectivity index (χ0v) is 17.9. The van der Waals surface area contributed by atoms with Crippen LogP contribution in [0.5, 0.6) is 5.75 Å². The largest absolute Gasteiger partial charge is 0.497 e. The number of methoxy groups -OCH3 is 1. The Hall–Kier alpha value is -4.52. The lowest BCUT2D eigenvalue weighted by atomic mass is 9.94. The highest BCUT2D eigenvalue weighted by Gasteiger charge is 2.40. The van der Waals surface area contributed by atoms with E-state index in [4.69, 9.17) is 4.74 Å². The number of benzene rings is 4. The summed E-state index contributed by atoms with van der Waals surface area (Å²) in [5.41, 5.74) is 2.46. The van der Waals surface area contributed by atoms with Crippen LogP contribution in [-0.2, 0) is 0 Å². The number of aromatic nitrogens is 1. The molecule has 0 unspecified atom stereocenters. The van der Waals surface area contributed by atoms with E-state index >= 15 is 0 Å². The number of para-hydroxylation sites is 1. The van der Waals surface area contributed by atoms with Crippen molar-refractivity contribution in [1.29, 1.82) is 0 Å². The molecule has 2 amide bonds. The summed E-state index contributed by atoms with van der Waals surface area (Å²) < 4.78 is 33.9. The SMILES string of the molecule is COc1ccc2[nH]c3c(-c4ccc(F)cc4F)cc4c(c3c2c1)C(=O)N(c1ccccc1)C4=O. The minimum atomic E-state index is -0.769. The number of nitrogens with zero attached hydrogens (tertiary/aromatic N) is 1. The van der Waals surface area contributed by atoms with Crippen LogP contribution >= 0.6 is 0 Å². The van der Waals surface area contributed by atoms with Gasteiger partial charge in [0.2, 0.25) is 0 Å². The molecule has 1 aromatic heterocycles. The second-order valence-electron chi connectivity index (χ2n) is 8.04. The number of aromatic amines is 1. The van der Waals surface area contributed by atoms with Gasteiger partial charge in [0.25, 0.3) is 11.8 Å². The number of fused-ring (bicyclic) bond motifs is 5. The summed E-state index contributed by atoms with van der Waals surface area (Å²) in [4.78, 5) is 31.5. The predicted molar refractivity (Wildman–Crippen MR) is 125 cm³/mol. The zero-order valence-electron chi connectivity index (χ0n) is 17.9. The third-order valence-corrected chi connectivity index (χ3v) is 6.17. The maximum absolute atomic E-state index is 14.9. The van der Waals surface area contributed by atoms with E-state index in [1.54, 1.807) is 48.5 Å². The van der Waals surface area contributed by atoms with Crippen molar-refractivity contribution < 1.29 is 23.1 Å².